The van der Waals surface area contributed by atoms with Crippen molar-refractivity contribution in [2.45, 2.75) is 25.9 Å². The number of nitrogens with two attached hydrogens (primary N) is 1. The van der Waals surface area contributed by atoms with E-state index in [0.717, 1.165) is 17.4 Å². The van der Waals surface area contributed by atoms with Gasteiger partial charge in [-0.05, 0) is 17.5 Å². The van der Waals surface area contributed by atoms with Crippen molar-refractivity contribution >= 4 is 26.7 Å². The average molecular weight is 278 g/mol. The van der Waals surface area contributed by atoms with Gasteiger partial charge in [-0.1, -0.05) is 25.2 Å². The Kier molecular flexibility index (Phi) is 2.96. The molecule has 1 aromatic carbocycles. The molecule has 0 amide bonds. The Balaban J connectivity index is 2.92. The zero-order valence-electron chi connectivity index (χ0n) is 9.60. The normalized spacial score (nSPS) is 12.6. The summed E-state index contributed by atoms with van der Waals surface area (Å²) in [6, 6.07) is 0.845. The molecular weight excluding hydrogens is 268 g/mol. The SMILES string of the molecule is CC(C)c1c(C(F)(F)F)c(F)cc2sc(N)nc12. The van der Waals surface area contributed by atoms with Gasteiger partial charge in [-0.15, -0.1) is 0 Å². The van der Waals surface area contributed by atoms with Gasteiger partial charge >= 0.3 is 6.18 Å². The van der Waals surface area contributed by atoms with Gasteiger partial charge in [0, 0.05) is 0 Å². The molecule has 0 bridgehead atoms. The molecule has 0 saturated carbocycles. The van der Waals surface area contributed by atoms with Gasteiger partial charge in [0.05, 0.1) is 15.8 Å². The molecule has 7 heteroatoms. The summed E-state index contributed by atoms with van der Waals surface area (Å²) in [7, 11) is 0. The van der Waals surface area contributed by atoms with Crippen LogP contribution in [0.1, 0.15) is 30.9 Å². The number of thiazole rings is 1. The van der Waals surface area contributed by atoms with Crippen LogP contribution >= 0.6 is 11.3 Å². The summed E-state index contributed by atoms with van der Waals surface area (Å²) >= 11 is 0.977. The Bertz CT molecular complexity index is 601. The minimum absolute atomic E-state index is 0.130. The van der Waals surface area contributed by atoms with E-state index in [-0.39, 0.29) is 16.2 Å². The molecule has 0 aliphatic carbocycles. The van der Waals surface area contributed by atoms with E-state index in [9.17, 15) is 17.6 Å². The number of halogens is 4. The molecule has 1 heterocycles. The van der Waals surface area contributed by atoms with Crippen LogP contribution in [0.25, 0.3) is 10.2 Å². The summed E-state index contributed by atoms with van der Waals surface area (Å²) in [5.74, 6) is -1.77. The van der Waals surface area contributed by atoms with Crippen molar-refractivity contribution in [3.05, 3.63) is 23.0 Å². The first-order chi connectivity index (χ1) is 8.21. The van der Waals surface area contributed by atoms with Crippen LogP contribution in [0.4, 0.5) is 22.7 Å². The number of nitrogen functional groups attached to an aromatic ring is 1. The van der Waals surface area contributed by atoms with Crippen molar-refractivity contribution in [3.8, 4) is 0 Å². The third-order valence-corrected chi connectivity index (χ3v) is 3.38. The number of nitrogens with zero attached hydrogens (tertiary/aromatic N) is 1. The maximum absolute atomic E-state index is 13.7. The van der Waals surface area contributed by atoms with Crippen LogP contribution in [0.5, 0.6) is 0 Å². The van der Waals surface area contributed by atoms with Gasteiger partial charge in [0.1, 0.15) is 5.82 Å². The molecule has 1 aromatic heterocycles. The maximum atomic E-state index is 13.7. The van der Waals surface area contributed by atoms with Crippen LogP contribution in [0.3, 0.4) is 0 Å². The third kappa shape index (κ3) is 2.03. The van der Waals surface area contributed by atoms with Crippen molar-refractivity contribution in [2.24, 2.45) is 0 Å². The highest BCUT2D eigenvalue weighted by molar-refractivity contribution is 7.22. The number of hydrogen-bond donors (Lipinski definition) is 1. The lowest BCUT2D eigenvalue weighted by Crippen LogP contribution is -2.13. The lowest BCUT2D eigenvalue weighted by atomic mass is 9.95. The summed E-state index contributed by atoms with van der Waals surface area (Å²) in [4.78, 5) is 3.88. The molecule has 2 nitrogen and oxygen atoms in total. The zero-order chi connectivity index (χ0) is 13.7. The zero-order valence-corrected chi connectivity index (χ0v) is 10.4. The summed E-state index contributed by atoms with van der Waals surface area (Å²) in [6.07, 6.45) is -4.74. The van der Waals surface area contributed by atoms with Gasteiger partial charge in [-0.2, -0.15) is 13.2 Å². The molecule has 2 rings (SSSR count). The van der Waals surface area contributed by atoms with Gasteiger partial charge in [-0.3, -0.25) is 0 Å². The number of hydrogen-bond acceptors (Lipinski definition) is 3. The first-order valence-corrected chi connectivity index (χ1v) is 5.99. The van der Waals surface area contributed by atoms with Crippen LogP contribution in [0.15, 0.2) is 6.07 Å². The van der Waals surface area contributed by atoms with Crippen molar-refractivity contribution < 1.29 is 17.6 Å². The van der Waals surface area contributed by atoms with Gasteiger partial charge < -0.3 is 5.73 Å². The topological polar surface area (TPSA) is 38.9 Å². The van der Waals surface area contributed by atoms with E-state index in [0.29, 0.717) is 4.70 Å². The van der Waals surface area contributed by atoms with Crippen molar-refractivity contribution in [2.75, 3.05) is 5.73 Å². The standard InChI is InChI=1S/C11H10F4N2S/c1-4(2)7-8(11(13,14)15)5(12)3-6-9(7)17-10(16)18-6/h3-4H,1-2H3,(H2,16,17). The molecule has 0 spiro atoms. The number of rotatable bonds is 1. The number of anilines is 1. The molecule has 98 valence electrons. The number of alkyl halides is 3. The Labute approximate surface area is 104 Å². The second kappa shape index (κ2) is 4.08. The van der Waals surface area contributed by atoms with Crippen LogP contribution in [0.2, 0.25) is 0 Å². The molecule has 18 heavy (non-hydrogen) atoms. The maximum Gasteiger partial charge on any atom is 0.419 e. The molecule has 2 aromatic rings. The smallest absolute Gasteiger partial charge is 0.375 e. The largest absolute Gasteiger partial charge is 0.419 e. The first-order valence-electron chi connectivity index (χ1n) is 5.17. The Morgan fingerprint density at radius 2 is 1.94 bits per heavy atom. The molecule has 0 aliphatic rings. The third-order valence-electron chi connectivity index (χ3n) is 2.55. The summed E-state index contributed by atoms with van der Waals surface area (Å²) in [5, 5.41) is 0.130. The van der Waals surface area contributed by atoms with Crippen molar-refractivity contribution in [3.63, 3.8) is 0 Å². The van der Waals surface area contributed by atoms with Crippen LogP contribution in [0, 0.1) is 5.82 Å². The second-order valence-corrected chi connectivity index (χ2v) is 5.26. The fraction of sp³-hybridized carbons (Fsp3) is 0.364. The Morgan fingerprint density at radius 3 is 2.44 bits per heavy atom. The summed E-state index contributed by atoms with van der Waals surface area (Å²) in [6.45, 7) is 3.14. The molecule has 0 aliphatic heterocycles. The van der Waals surface area contributed by atoms with E-state index in [1.165, 1.54) is 0 Å². The number of benzene rings is 1. The van der Waals surface area contributed by atoms with E-state index in [4.69, 9.17) is 5.73 Å². The second-order valence-electron chi connectivity index (χ2n) is 4.20. The highest BCUT2D eigenvalue weighted by atomic mass is 32.1. The minimum Gasteiger partial charge on any atom is -0.375 e. The fourth-order valence-corrected chi connectivity index (χ4v) is 2.70. The molecule has 0 fully saturated rings. The molecule has 0 unspecified atom stereocenters. The summed E-state index contributed by atoms with van der Waals surface area (Å²) < 4.78 is 52.7. The van der Waals surface area contributed by atoms with E-state index < -0.39 is 23.5 Å². The fourth-order valence-electron chi connectivity index (χ4n) is 1.92. The highest BCUT2D eigenvalue weighted by Crippen LogP contribution is 2.42. The van der Waals surface area contributed by atoms with E-state index in [1.807, 2.05) is 0 Å². The van der Waals surface area contributed by atoms with E-state index >= 15 is 0 Å². The van der Waals surface area contributed by atoms with Gasteiger partial charge in [0.15, 0.2) is 5.13 Å². The molecule has 0 radical (unpaired) electrons. The highest BCUT2D eigenvalue weighted by Gasteiger charge is 2.39. The van der Waals surface area contributed by atoms with Crippen molar-refractivity contribution in [1.82, 2.24) is 4.98 Å². The lowest BCUT2D eigenvalue weighted by molar-refractivity contribution is -0.140. The van der Waals surface area contributed by atoms with Crippen LogP contribution < -0.4 is 5.73 Å². The molecule has 0 saturated heterocycles. The quantitative estimate of drug-likeness (QED) is 0.795. The first kappa shape index (κ1) is 13.1. The van der Waals surface area contributed by atoms with E-state index in [1.54, 1.807) is 13.8 Å². The minimum atomic E-state index is -4.74. The van der Waals surface area contributed by atoms with Gasteiger partial charge in [0.25, 0.3) is 0 Å². The van der Waals surface area contributed by atoms with Crippen LogP contribution in [-0.4, -0.2) is 4.98 Å². The van der Waals surface area contributed by atoms with Crippen LogP contribution in [-0.2, 0) is 6.18 Å². The van der Waals surface area contributed by atoms with Gasteiger partial charge in [0.2, 0.25) is 0 Å². The molecular formula is C11H10F4N2S. The van der Waals surface area contributed by atoms with Gasteiger partial charge in [-0.25, -0.2) is 9.37 Å². The number of aromatic nitrogens is 1. The Morgan fingerprint density at radius 1 is 1.33 bits per heavy atom. The van der Waals surface area contributed by atoms with Crippen molar-refractivity contribution in [1.29, 1.82) is 0 Å². The number of fused-ring (bicyclic) bond motifs is 1. The average Bonchev–Trinajstić information content (AvgIpc) is 2.53. The predicted molar refractivity (Wildman–Crippen MR) is 63.1 cm³/mol. The Hall–Kier alpha value is -1.37. The molecule has 2 N–H and O–H groups in total. The lowest BCUT2D eigenvalue weighted by Gasteiger charge is -2.16. The summed E-state index contributed by atoms with van der Waals surface area (Å²) in [5.41, 5.74) is 4.24. The predicted octanol–water partition coefficient (Wildman–Crippen LogP) is 4.16. The van der Waals surface area contributed by atoms with E-state index in [2.05, 4.69) is 4.98 Å². The monoisotopic (exact) mass is 278 g/mol. The molecule has 0 atom stereocenters.